The molecular formula is C18H27N3O2S. The van der Waals surface area contributed by atoms with Crippen LogP contribution in [0.2, 0.25) is 0 Å². The largest absolute Gasteiger partial charge is 0.352 e. The van der Waals surface area contributed by atoms with Crippen LogP contribution in [-0.4, -0.2) is 52.6 Å². The van der Waals surface area contributed by atoms with Crippen LogP contribution in [0.4, 0.5) is 0 Å². The fourth-order valence-corrected chi connectivity index (χ4v) is 4.76. The minimum atomic E-state index is -0.247. The number of piperidine rings is 1. The van der Waals surface area contributed by atoms with Crippen LogP contribution in [-0.2, 0) is 7.05 Å². The first-order valence-electron chi connectivity index (χ1n) is 8.91. The lowest BCUT2D eigenvalue weighted by molar-refractivity contribution is 0.0918. The molecule has 0 spiro atoms. The van der Waals surface area contributed by atoms with Gasteiger partial charge in [-0.2, -0.15) is 11.8 Å². The van der Waals surface area contributed by atoms with Crippen LogP contribution >= 0.6 is 11.8 Å². The molecule has 2 saturated heterocycles. The fraction of sp³-hybridized carbons (Fsp3) is 0.667. The molecule has 2 aliphatic rings. The van der Waals surface area contributed by atoms with E-state index in [4.69, 9.17) is 0 Å². The molecule has 132 valence electrons. The fourth-order valence-electron chi connectivity index (χ4n) is 3.67. The minimum Gasteiger partial charge on any atom is -0.352 e. The molecule has 0 unspecified atom stereocenters. The molecule has 1 amide bonds. The first-order valence-corrected chi connectivity index (χ1v) is 10.1. The van der Waals surface area contributed by atoms with Crippen LogP contribution in [0.1, 0.15) is 36.0 Å². The van der Waals surface area contributed by atoms with Crippen molar-refractivity contribution in [1.82, 2.24) is 14.8 Å². The van der Waals surface area contributed by atoms with E-state index in [0.717, 1.165) is 32.0 Å². The Morgan fingerprint density at radius 3 is 2.67 bits per heavy atom. The van der Waals surface area contributed by atoms with Gasteiger partial charge in [0.25, 0.3) is 11.5 Å². The SMILES string of the molecule is Cn1cccc(C(=O)NCC2CCN(C3CCSCC3)CC2)c1=O. The molecule has 3 rings (SSSR count). The molecule has 3 heterocycles. The van der Waals surface area contributed by atoms with Crippen molar-refractivity contribution in [3.05, 3.63) is 34.2 Å². The number of carbonyl (C=O) groups is 1. The molecule has 0 saturated carbocycles. The number of likely N-dealkylation sites (tertiary alicyclic amines) is 1. The molecule has 0 aliphatic carbocycles. The summed E-state index contributed by atoms with van der Waals surface area (Å²) in [6.07, 6.45) is 6.58. The Morgan fingerprint density at radius 1 is 1.25 bits per heavy atom. The number of aryl methyl sites for hydroxylation is 1. The van der Waals surface area contributed by atoms with Gasteiger partial charge in [-0.15, -0.1) is 0 Å². The van der Waals surface area contributed by atoms with E-state index in [0.29, 0.717) is 12.5 Å². The lowest BCUT2D eigenvalue weighted by Gasteiger charge is -2.39. The van der Waals surface area contributed by atoms with Crippen molar-refractivity contribution in [1.29, 1.82) is 0 Å². The average Bonchev–Trinajstić information content (AvgIpc) is 2.63. The highest BCUT2D eigenvalue weighted by molar-refractivity contribution is 7.99. The first-order chi connectivity index (χ1) is 11.6. The van der Waals surface area contributed by atoms with E-state index >= 15 is 0 Å². The van der Waals surface area contributed by atoms with Gasteiger partial charge in [0.15, 0.2) is 0 Å². The Hall–Kier alpha value is -1.27. The summed E-state index contributed by atoms with van der Waals surface area (Å²) in [6, 6.07) is 4.10. The van der Waals surface area contributed by atoms with Crippen molar-refractivity contribution >= 4 is 17.7 Å². The topological polar surface area (TPSA) is 54.3 Å². The van der Waals surface area contributed by atoms with Crippen molar-refractivity contribution in [2.24, 2.45) is 13.0 Å². The molecule has 0 aromatic carbocycles. The Labute approximate surface area is 147 Å². The second kappa shape index (κ2) is 8.21. The van der Waals surface area contributed by atoms with Gasteiger partial charge in [0, 0.05) is 25.8 Å². The standard InChI is InChI=1S/C18H27N3O2S/c1-20-8-2-3-16(18(20)23)17(22)19-13-14-4-9-21(10-5-14)15-6-11-24-12-7-15/h2-3,8,14-15H,4-7,9-13H2,1H3,(H,19,22). The van der Waals surface area contributed by atoms with Crippen molar-refractivity contribution in [3.63, 3.8) is 0 Å². The molecule has 0 atom stereocenters. The predicted octanol–water partition coefficient (Wildman–Crippen LogP) is 1.72. The Kier molecular flexibility index (Phi) is 6.00. The van der Waals surface area contributed by atoms with Crippen LogP contribution in [0, 0.1) is 5.92 Å². The number of hydrogen-bond acceptors (Lipinski definition) is 4. The predicted molar refractivity (Wildman–Crippen MR) is 98.7 cm³/mol. The molecule has 0 bridgehead atoms. The van der Waals surface area contributed by atoms with E-state index in [1.165, 1.54) is 28.9 Å². The molecule has 2 aliphatic heterocycles. The van der Waals surface area contributed by atoms with E-state index in [-0.39, 0.29) is 17.0 Å². The van der Waals surface area contributed by atoms with Gasteiger partial charge in [0.2, 0.25) is 0 Å². The Balaban J connectivity index is 1.45. The second-order valence-corrected chi connectivity index (χ2v) is 8.10. The molecule has 1 aromatic rings. The van der Waals surface area contributed by atoms with E-state index in [2.05, 4.69) is 22.0 Å². The lowest BCUT2D eigenvalue weighted by Crippen LogP contribution is -2.45. The summed E-state index contributed by atoms with van der Waals surface area (Å²) in [5.41, 5.74) is -0.00266. The van der Waals surface area contributed by atoms with Crippen molar-refractivity contribution in [2.45, 2.75) is 31.7 Å². The molecule has 1 aromatic heterocycles. The quantitative estimate of drug-likeness (QED) is 0.899. The van der Waals surface area contributed by atoms with Gasteiger partial charge in [-0.05, 0) is 68.3 Å². The number of pyridine rings is 1. The number of carbonyl (C=O) groups excluding carboxylic acids is 1. The van der Waals surface area contributed by atoms with Crippen LogP contribution in [0.15, 0.2) is 23.1 Å². The summed E-state index contributed by atoms with van der Waals surface area (Å²) >= 11 is 2.07. The molecular weight excluding hydrogens is 322 g/mol. The molecule has 2 fully saturated rings. The van der Waals surface area contributed by atoms with E-state index in [1.807, 2.05) is 0 Å². The van der Waals surface area contributed by atoms with Crippen LogP contribution in [0.25, 0.3) is 0 Å². The van der Waals surface area contributed by atoms with E-state index in [1.54, 1.807) is 25.4 Å². The number of nitrogens with zero attached hydrogens (tertiary/aromatic N) is 2. The first kappa shape index (κ1) is 17.5. The molecule has 1 N–H and O–H groups in total. The summed E-state index contributed by atoms with van der Waals surface area (Å²) in [7, 11) is 1.67. The monoisotopic (exact) mass is 349 g/mol. The van der Waals surface area contributed by atoms with Gasteiger partial charge < -0.3 is 14.8 Å². The number of rotatable bonds is 4. The molecule has 6 heteroatoms. The highest BCUT2D eigenvalue weighted by atomic mass is 32.2. The van der Waals surface area contributed by atoms with Crippen molar-refractivity contribution < 1.29 is 4.79 Å². The van der Waals surface area contributed by atoms with Gasteiger partial charge >= 0.3 is 0 Å². The maximum atomic E-state index is 12.2. The zero-order valence-corrected chi connectivity index (χ0v) is 15.2. The number of aromatic nitrogens is 1. The maximum Gasteiger partial charge on any atom is 0.263 e. The summed E-state index contributed by atoms with van der Waals surface area (Å²) in [6.45, 7) is 2.96. The molecule has 5 nitrogen and oxygen atoms in total. The highest BCUT2D eigenvalue weighted by Crippen LogP contribution is 2.26. The van der Waals surface area contributed by atoms with E-state index < -0.39 is 0 Å². The smallest absolute Gasteiger partial charge is 0.263 e. The Bertz CT molecular complexity index is 617. The van der Waals surface area contributed by atoms with Crippen LogP contribution < -0.4 is 10.9 Å². The number of thioether (sulfide) groups is 1. The van der Waals surface area contributed by atoms with Gasteiger partial charge in [0.1, 0.15) is 5.56 Å². The minimum absolute atomic E-state index is 0.233. The summed E-state index contributed by atoms with van der Waals surface area (Å²) in [5, 5.41) is 2.96. The van der Waals surface area contributed by atoms with Crippen molar-refractivity contribution in [2.75, 3.05) is 31.1 Å². The molecule has 24 heavy (non-hydrogen) atoms. The second-order valence-electron chi connectivity index (χ2n) is 6.87. The van der Waals surface area contributed by atoms with Crippen LogP contribution in [0.5, 0.6) is 0 Å². The van der Waals surface area contributed by atoms with Gasteiger partial charge in [0.05, 0.1) is 0 Å². The Morgan fingerprint density at radius 2 is 1.96 bits per heavy atom. The maximum absolute atomic E-state index is 12.2. The molecule has 0 radical (unpaired) electrons. The summed E-state index contributed by atoms with van der Waals surface area (Å²) in [5.74, 6) is 2.87. The third kappa shape index (κ3) is 4.22. The summed E-state index contributed by atoms with van der Waals surface area (Å²) < 4.78 is 1.44. The van der Waals surface area contributed by atoms with Gasteiger partial charge in [-0.1, -0.05) is 0 Å². The zero-order chi connectivity index (χ0) is 16.9. The van der Waals surface area contributed by atoms with Gasteiger partial charge in [-0.25, -0.2) is 0 Å². The number of amides is 1. The van der Waals surface area contributed by atoms with Crippen LogP contribution in [0.3, 0.4) is 0 Å². The number of hydrogen-bond donors (Lipinski definition) is 1. The summed E-state index contributed by atoms with van der Waals surface area (Å²) in [4.78, 5) is 26.9. The highest BCUT2D eigenvalue weighted by Gasteiger charge is 2.26. The third-order valence-electron chi connectivity index (χ3n) is 5.28. The van der Waals surface area contributed by atoms with E-state index in [9.17, 15) is 9.59 Å². The van der Waals surface area contributed by atoms with Crippen molar-refractivity contribution in [3.8, 4) is 0 Å². The average molecular weight is 350 g/mol. The third-order valence-corrected chi connectivity index (χ3v) is 6.32. The zero-order valence-electron chi connectivity index (χ0n) is 14.4. The number of nitrogens with one attached hydrogen (secondary N) is 1. The lowest BCUT2D eigenvalue weighted by atomic mass is 9.94. The normalized spacial score (nSPS) is 20.9. The van der Waals surface area contributed by atoms with Gasteiger partial charge in [-0.3, -0.25) is 9.59 Å².